The second-order valence-corrected chi connectivity index (χ2v) is 8.02. The third-order valence-corrected chi connectivity index (χ3v) is 5.55. The van der Waals surface area contributed by atoms with Crippen LogP contribution in [0.4, 0.5) is 16.2 Å². The van der Waals surface area contributed by atoms with Crippen LogP contribution < -0.4 is 21.3 Å². The smallest absolute Gasteiger partial charge is 0.312 e. The fraction of sp³-hybridized carbons (Fsp3) is 0.222. The molecule has 4 N–H and O–H groups in total. The molecule has 0 heterocycles. The number of hydrogen-bond donors (Lipinski definition) is 3. The van der Waals surface area contributed by atoms with Gasteiger partial charge in [0.1, 0.15) is 0 Å². The van der Waals surface area contributed by atoms with Crippen LogP contribution in [0.1, 0.15) is 36.1 Å². The van der Waals surface area contributed by atoms with Gasteiger partial charge in [-0.15, -0.1) is 0 Å². The molecule has 3 aromatic carbocycles. The molecule has 0 spiro atoms. The minimum absolute atomic E-state index is 0.00378. The lowest BCUT2D eigenvalue weighted by atomic mass is 9.98. The second-order valence-electron chi connectivity index (χ2n) is 8.02. The van der Waals surface area contributed by atoms with Gasteiger partial charge in [0, 0.05) is 17.9 Å². The van der Waals surface area contributed by atoms with Crippen LogP contribution in [0.25, 0.3) is 0 Å². The zero-order chi connectivity index (χ0) is 24.5. The van der Waals surface area contributed by atoms with Crippen LogP contribution in [0, 0.1) is 6.92 Å². The first kappa shape index (κ1) is 24.5. The summed E-state index contributed by atoms with van der Waals surface area (Å²) in [5.74, 6) is -0.254. The van der Waals surface area contributed by atoms with Crippen LogP contribution in [0.5, 0.6) is 0 Å². The Labute approximate surface area is 200 Å². The van der Waals surface area contributed by atoms with Gasteiger partial charge < -0.3 is 21.3 Å². The molecule has 0 saturated heterocycles. The summed E-state index contributed by atoms with van der Waals surface area (Å²) < 4.78 is 0. The molecule has 1 unspecified atom stereocenters. The van der Waals surface area contributed by atoms with Crippen molar-refractivity contribution in [2.45, 2.75) is 32.7 Å². The van der Waals surface area contributed by atoms with E-state index in [0.717, 1.165) is 22.4 Å². The van der Waals surface area contributed by atoms with Gasteiger partial charge >= 0.3 is 6.03 Å². The van der Waals surface area contributed by atoms with E-state index >= 15 is 0 Å². The van der Waals surface area contributed by atoms with Crippen LogP contribution in [0.15, 0.2) is 78.9 Å². The van der Waals surface area contributed by atoms with Crippen molar-refractivity contribution in [1.29, 1.82) is 0 Å². The minimum atomic E-state index is -0.688. The van der Waals surface area contributed by atoms with Crippen molar-refractivity contribution in [3.8, 4) is 0 Å². The first-order valence-corrected chi connectivity index (χ1v) is 11.2. The topological polar surface area (TPSA) is 105 Å². The van der Waals surface area contributed by atoms with Gasteiger partial charge in [-0.25, -0.2) is 4.79 Å². The third-order valence-electron chi connectivity index (χ3n) is 5.55. The summed E-state index contributed by atoms with van der Waals surface area (Å²) >= 11 is 0. The average Bonchev–Trinajstić information content (AvgIpc) is 2.81. The number of nitrogens with one attached hydrogen (secondary N) is 2. The SMILES string of the molecule is CCN(C(=O)Cc1ccc(NC(=O)CC(NC(N)=O)c2ccccc2C)cc1)c1ccccc1. The predicted octanol–water partition coefficient (Wildman–Crippen LogP) is 4.33. The number of anilines is 2. The van der Waals surface area contributed by atoms with Gasteiger partial charge in [-0.2, -0.15) is 0 Å². The number of nitrogens with two attached hydrogens (primary N) is 1. The lowest BCUT2D eigenvalue weighted by Gasteiger charge is -2.21. The normalized spacial score (nSPS) is 11.4. The molecule has 4 amide bonds. The molecular weight excluding hydrogens is 428 g/mol. The summed E-state index contributed by atoms with van der Waals surface area (Å²) in [6.45, 7) is 4.44. The number of nitrogens with zero attached hydrogens (tertiary/aromatic N) is 1. The monoisotopic (exact) mass is 458 g/mol. The molecule has 0 aliphatic rings. The largest absolute Gasteiger partial charge is 0.352 e. The molecule has 0 aliphatic carbocycles. The van der Waals surface area contributed by atoms with E-state index in [1.165, 1.54) is 0 Å². The number of amides is 4. The minimum Gasteiger partial charge on any atom is -0.352 e. The van der Waals surface area contributed by atoms with E-state index in [2.05, 4.69) is 10.6 Å². The molecule has 7 heteroatoms. The quantitative estimate of drug-likeness (QED) is 0.444. The Morgan fingerprint density at radius 1 is 0.912 bits per heavy atom. The van der Waals surface area contributed by atoms with E-state index < -0.39 is 12.1 Å². The van der Waals surface area contributed by atoms with Crippen molar-refractivity contribution < 1.29 is 14.4 Å². The molecule has 0 saturated carbocycles. The van der Waals surface area contributed by atoms with E-state index in [-0.39, 0.29) is 24.7 Å². The molecule has 0 fully saturated rings. The number of carbonyl (C=O) groups is 3. The van der Waals surface area contributed by atoms with Gasteiger partial charge in [-0.3, -0.25) is 9.59 Å². The summed E-state index contributed by atoms with van der Waals surface area (Å²) in [4.78, 5) is 38.7. The Kier molecular flexibility index (Phi) is 8.40. The third kappa shape index (κ3) is 6.68. The Bertz CT molecular complexity index is 1130. The van der Waals surface area contributed by atoms with Gasteiger partial charge in [0.2, 0.25) is 11.8 Å². The highest BCUT2D eigenvalue weighted by molar-refractivity contribution is 5.95. The van der Waals surface area contributed by atoms with Crippen LogP contribution >= 0.6 is 0 Å². The zero-order valence-corrected chi connectivity index (χ0v) is 19.5. The predicted molar refractivity (Wildman–Crippen MR) is 135 cm³/mol. The summed E-state index contributed by atoms with van der Waals surface area (Å²) in [5.41, 5.74) is 9.45. The van der Waals surface area contributed by atoms with Crippen LogP contribution in [-0.4, -0.2) is 24.4 Å². The molecule has 0 radical (unpaired) electrons. The summed E-state index contributed by atoms with van der Waals surface area (Å²) in [7, 11) is 0. The maximum absolute atomic E-state index is 12.8. The van der Waals surface area contributed by atoms with Crippen molar-refractivity contribution in [2.75, 3.05) is 16.8 Å². The standard InChI is InChI=1S/C27H30N4O3/c1-3-31(22-10-5-4-6-11-22)26(33)17-20-13-15-21(16-14-20)29-25(32)18-24(30-27(28)34)23-12-8-7-9-19(23)2/h4-16,24H,3,17-18H2,1-2H3,(H,29,32)(H3,28,30,34). The molecule has 0 aromatic heterocycles. The number of carbonyl (C=O) groups excluding carboxylic acids is 3. The fourth-order valence-corrected chi connectivity index (χ4v) is 3.87. The number of likely N-dealkylation sites (N-methyl/N-ethyl adjacent to an activating group) is 1. The van der Waals surface area contributed by atoms with Crippen molar-refractivity contribution >= 4 is 29.2 Å². The van der Waals surface area contributed by atoms with Gasteiger partial charge in [-0.1, -0.05) is 54.6 Å². The van der Waals surface area contributed by atoms with Crippen molar-refractivity contribution in [3.05, 3.63) is 95.6 Å². The highest BCUT2D eigenvalue weighted by Crippen LogP contribution is 2.22. The van der Waals surface area contributed by atoms with Gasteiger partial charge in [0.25, 0.3) is 0 Å². The van der Waals surface area contributed by atoms with E-state index in [1.54, 1.807) is 17.0 Å². The van der Waals surface area contributed by atoms with Gasteiger partial charge in [0.15, 0.2) is 0 Å². The number of urea groups is 1. The van der Waals surface area contributed by atoms with E-state index in [1.807, 2.05) is 80.6 Å². The van der Waals surface area contributed by atoms with Crippen molar-refractivity contribution in [1.82, 2.24) is 5.32 Å². The highest BCUT2D eigenvalue weighted by atomic mass is 16.2. The molecule has 1 atom stereocenters. The number of benzene rings is 3. The number of hydrogen-bond acceptors (Lipinski definition) is 3. The van der Waals surface area contributed by atoms with Gasteiger partial charge in [0.05, 0.1) is 18.9 Å². The van der Waals surface area contributed by atoms with Crippen LogP contribution in [-0.2, 0) is 16.0 Å². The Balaban J connectivity index is 1.62. The number of para-hydroxylation sites is 1. The summed E-state index contributed by atoms with van der Waals surface area (Å²) in [6.07, 6.45) is 0.297. The second kappa shape index (κ2) is 11.7. The van der Waals surface area contributed by atoms with Crippen LogP contribution in [0.2, 0.25) is 0 Å². The number of rotatable bonds is 9. The molecule has 0 bridgehead atoms. The van der Waals surface area contributed by atoms with E-state index in [0.29, 0.717) is 12.2 Å². The fourth-order valence-electron chi connectivity index (χ4n) is 3.87. The van der Waals surface area contributed by atoms with Crippen LogP contribution in [0.3, 0.4) is 0 Å². The Hall–Kier alpha value is -4.13. The van der Waals surface area contributed by atoms with Crippen molar-refractivity contribution in [3.63, 3.8) is 0 Å². The summed E-state index contributed by atoms with van der Waals surface area (Å²) in [5, 5.41) is 5.50. The maximum Gasteiger partial charge on any atom is 0.312 e. The summed E-state index contributed by atoms with van der Waals surface area (Å²) in [6, 6.07) is 23.1. The first-order chi connectivity index (χ1) is 16.4. The molecule has 3 rings (SSSR count). The van der Waals surface area contributed by atoms with E-state index in [9.17, 15) is 14.4 Å². The molecule has 7 nitrogen and oxygen atoms in total. The zero-order valence-electron chi connectivity index (χ0n) is 19.5. The highest BCUT2D eigenvalue weighted by Gasteiger charge is 2.19. The van der Waals surface area contributed by atoms with E-state index in [4.69, 9.17) is 5.73 Å². The molecule has 34 heavy (non-hydrogen) atoms. The first-order valence-electron chi connectivity index (χ1n) is 11.2. The maximum atomic E-state index is 12.8. The Morgan fingerprint density at radius 2 is 1.56 bits per heavy atom. The molecular formula is C27H30N4O3. The lowest BCUT2D eigenvalue weighted by Crippen LogP contribution is -2.35. The number of aryl methyl sites for hydroxylation is 1. The number of primary amides is 1. The van der Waals surface area contributed by atoms with Gasteiger partial charge in [-0.05, 0) is 54.8 Å². The Morgan fingerprint density at radius 3 is 2.18 bits per heavy atom. The lowest BCUT2D eigenvalue weighted by molar-refractivity contribution is -0.118. The molecule has 176 valence electrons. The van der Waals surface area contributed by atoms with Crippen molar-refractivity contribution in [2.24, 2.45) is 5.73 Å². The molecule has 0 aliphatic heterocycles. The average molecular weight is 459 g/mol. The molecule has 3 aromatic rings.